The number of thiazole rings is 1. The quantitative estimate of drug-likeness (QED) is 0.557. The van der Waals surface area contributed by atoms with Crippen LogP contribution in [-0.4, -0.2) is 55.0 Å². The predicted octanol–water partition coefficient (Wildman–Crippen LogP) is 0.120. The average molecular weight is 399 g/mol. The molecule has 10 nitrogen and oxygen atoms in total. The zero-order valence-corrected chi connectivity index (χ0v) is 15.6. The second kappa shape index (κ2) is 7.72. The van der Waals surface area contributed by atoms with Gasteiger partial charge < -0.3 is 15.2 Å². The molecule has 3 aromatic rings. The standard InChI is InChI=1S/C17H17N7O3S/c25-14-5-10(20-8-21-14)1-3-19-16(26)15-11-2-4-24(7-12(11)22-23-15)17(27)13-6-18-9-28-13/h5-6,8-9H,1-4,7H2,(H,19,26)(H,22,23)(H,20,21,25). The van der Waals surface area contributed by atoms with Crippen molar-refractivity contribution in [1.82, 2.24) is 35.4 Å². The summed E-state index contributed by atoms with van der Waals surface area (Å²) in [6.45, 7) is 1.23. The number of aromatic nitrogens is 5. The van der Waals surface area contributed by atoms with Crippen molar-refractivity contribution >= 4 is 23.2 Å². The third kappa shape index (κ3) is 3.69. The van der Waals surface area contributed by atoms with Crippen molar-refractivity contribution in [1.29, 1.82) is 0 Å². The first-order valence-electron chi connectivity index (χ1n) is 8.67. The van der Waals surface area contributed by atoms with Gasteiger partial charge in [-0.15, -0.1) is 11.3 Å². The number of nitrogens with one attached hydrogen (secondary N) is 3. The van der Waals surface area contributed by atoms with Gasteiger partial charge in [-0.25, -0.2) is 4.98 Å². The van der Waals surface area contributed by atoms with E-state index in [1.54, 1.807) is 16.6 Å². The SMILES string of the molecule is O=C(NCCc1cc(=O)[nH]cn1)c1n[nH]c2c1CCN(C(=O)c1cncs1)C2. The van der Waals surface area contributed by atoms with E-state index in [-0.39, 0.29) is 17.4 Å². The van der Waals surface area contributed by atoms with E-state index in [2.05, 4.69) is 30.5 Å². The van der Waals surface area contributed by atoms with Crippen molar-refractivity contribution < 1.29 is 9.59 Å². The number of aromatic amines is 2. The van der Waals surface area contributed by atoms with E-state index >= 15 is 0 Å². The lowest BCUT2D eigenvalue weighted by Gasteiger charge is -2.26. The number of fused-ring (bicyclic) bond motifs is 1. The molecular weight excluding hydrogens is 382 g/mol. The van der Waals surface area contributed by atoms with Crippen molar-refractivity contribution in [3.05, 3.63) is 62.0 Å². The molecule has 3 N–H and O–H groups in total. The highest BCUT2D eigenvalue weighted by Gasteiger charge is 2.28. The predicted molar refractivity (Wildman–Crippen MR) is 100 cm³/mol. The maximum absolute atomic E-state index is 12.5. The molecule has 0 saturated heterocycles. The van der Waals surface area contributed by atoms with E-state index in [1.165, 1.54) is 23.7 Å². The summed E-state index contributed by atoms with van der Waals surface area (Å²) in [4.78, 5) is 48.9. The maximum atomic E-state index is 12.5. The molecule has 0 saturated carbocycles. The molecule has 4 heterocycles. The van der Waals surface area contributed by atoms with Gasteiger partial charge in [0.15, 0.2) is 5.69 Å². The van der Waals surface area contributed by atoms with Gasteiger partial charge in [0.05, 0.1) is 30.3 Å². The number of amides is 2. The Hall–Kier alpha value is -3.34. The molecule has 1 aliphatic rings. The summed E-state index contributed by atoms with van der Waals surface area (Å²) in [6, 6.07) is 1.40. The van der Waals surface area contributed by atoms with Crippen LogP contribution in [0.4, 0.5) is 0 Å². The minimum Gasteiger partial charge on any atom is -0.350 e. The van der Waals surface area contributed by atoms with Crippen LogP contribution in [0.5, 0.6) is 0 Å². The van der Waals surface area contributed by atoms with Crippen molar-refractivity contribution in [3.8, 4) is 0 Å². The second-order valence-electron chi connectivity index (χ2n) is 6.28. The van der Waals surface area contributed by atoms with Crippen LogP contribution in [0.2, 0.25) is 0 Å². The Morgan fingerprint density at radius 2 is 2.25 bits per heavy atom. The van der Waals surface area contributed by atoms with Gasteiger partial charge in [-0.05, 0) is 6.42 Å². The fourth-order valence-electron chi connectivity index (χ4n) is 3.09. The average Bonchev–Trinajstić information content (AvgIpc) is 3.37. The van der Waals surface area contributed by atoms with Crippen LogP contribution >= 0.6 is 11.3 Å². The number of carbonyl (C=O) groups is 2. The molecule has 11 heteroatoms. The third-order valence-electron chi connectivity index (χ3n) is 4.48. The Balaban J connectivity index is 1.37. The van der Waals surface area contributed by atoms with Gasteiger partial charge in [0.25, 0.3) is 17.4 Å². The van der Waals surface area contributed by atoms with Crippen LogP contribution in [0.1, 0.15) is 37.1 Å². The summed E-state index contributed by atoms with van der Waals surface area (Å²) < 4.78 is 0. The topological polar surface area (TPSA) is 137 Å². The molecular formula is C17H17N7O3S. The molecule has 28 heavy (non-hydrogen) atoms. The number of H-pyrrole nitrogens is 2. The van der Waals surface area contributed by atoms with Crippen LogP contribution in [0.15, 0.2) is 28.9 Å². The van der Waals surface area contributed by atoms with Gasteiger partial charge in [0, 0.05) is 36.8 Å². The molecule has 2 amide bonds. The van der Waals surface area contributed by atoms with E-state index in [1.807, 2.05) is 0 Å². The van der Waals surface area contributed by atoms with Crippen LogP contribution in [0, 0.1) is 0 Å². The zero-order valence-electron chi connectivity index (χ0n) is 14.8. The molecule has 0 aromatic carbocycles. The highest BCUT2D eigenvalue weighted by Crippen LogP contribution is 2.22. The lowest BCUT2D eigenvalue weighted by atomic mass is 10.0. The van der Waals surface area contributed by atoms with Crippen molar-refractivity contribution in [3.63, 3.8) is 0 Å². The highest BCUT2D eigenvalue weighted by atomic mass is 32.1. The number of nitrogens with zero attached hydrogens (tertiary/aromatic N) is 4. The highest BCUT2D eigenvalue weighted by molar-refractivity contribution is 7.11. The molecule has 0 atom stereocenters. The summed E-state index contributed by atoms with van der Waals surface area (Å²) in [5, 5.41) is 9.82. The first kappa shape index (κ1) is 18.0. The second-order valence-corrected chi connectivity index (χ2v) is 7.17. The molecule has 0 radical (unpaired) electrons. The monoisotopic (exact) mass is 399 g/mol. The van der Waals surface area contributed by atoms with E-state index in [0.717, 1.165) is 11.3 Å². The summed E-state index contributed by atoms with van der Waals surface area (Å²) in [5.41, 5.74) is 3.95. The Kier molecular flexibility index (Phi) is 4.98. The number of carbonyl (C=O) groups excluding carboxylic acids is 2. The largest absolute Gasteiger partial charge is 0.350 e. The van der Waals surface area contributed by atoms with Crippen LogP contribution < -0.4 is 10.9 Å². The number of hydrogen-bond donors (Lipinski definition) is 3. The molecule has 0 aliphatic carbocycles. The van der Waals surface area contributed by atoms with E-state index in [9.17, 15) is 14.4 Å². The first-order valence-corrected chi connectivity index (χ1v) is 9.55. The molecule has 4 rings (SSSR count). The maximum Gasteiger partial charge on any atom is 0.272 e. The third-order valence-corrected chi connectivity index (χ3v) is 5.24. The van der Waals surface area contributed by atoms with E-state index < -0.39 is 0 Å². The van der Waals surface area contributed by atoms with Crippen LogP contribution in [0.3, 0.4) is 0 Å². The number of hydrogen-bond acceptors (Lipinski definition) is 7. The Morgan fingerprint density at radius 3 is 3.04 bits per heavy atom. The minimum atomic E-state index is -0.287. The zero-order chi connectivity index (χ0) is 19.5. The molecule has 144 valence electrons. The molecule has 0 spiro atoms. The normalized spacial score (nSPS) is 13.2. The summed E-state index contributed by atoms with van der Waals surface area (Å²) >= 11 is 1.31. The van der Waals surface area contributed by atoms with Crippen LogP contribution in [-0.2, 0) is 19.4 Å². The van der Waals surface area contributed by atoms with Gasteiger partial charge in [-0.1, -0.05) is 0 Å². The van der Waals surface area contributed by atoms with Crippen LogP contribution in [0.25, 0.3) is 0 Å². The first-order chi connectivity index (χ1) is 13.6. The van der Waals surface area contributed by atoms with Crippen molar-refractivity contribution in [2.24, 2.45) is 0 Å². The Bertz CT molecular complexity index is 1060. The molecule has 1 aliphatic heterocycles. The van der Waals surface area contributed by atoms with E-state index in [4.69, 9.17) is 0 Å². The molecule has 0 fully saturated rings. The summed E-state index contributed by atoms with van der Waals surface area (Å²) in [6.07, 6.45) is 3.89. The summed E-state index contributed by atoms with van der Waals surface area (Å²) in [5.74, 6) is -0.358. The lowest BCUT2D eigenvalue weighted by molar-refractivity contribution is 0.0737. The van der Waals surface area contributed by atoms with Gasteiger partial charge >= 0.3 is 0 Å². The molecule has 0 unspecified atom stereocenters. The smallest absolute Gasteiger partial charge is 0.272 e. The Labute approximate surface area is 163 Å². The molecule has 0 bridgehead atoms. The van der Waals surface area contributed by atoms with Crippen molar-refractivity contribution in [2.75, 3.05) is 13.1 Å². The van der Waals surface area contributed by atoms with Gasteiger partial charge in [0.2, 0.25) is 0 Å². The lowest BCUT2D eigenvalue weighted by Crippen LogP contribution is -2.36. The van der Waals surface area contributed by atoms with Crippen molar-refractivity contribution in [2.45, 2.75) is 19.4 Å². The minimum absolute atomic E-state index is 0.0703. The fraction of sp³-hybridized carbons (Fsp3) is 0.294. The summed E-state index contributed by atoms with van der Waals surface area (Å²) in [7, 11) is 0. The Morgan fingerprint density at radius 1 is 1.36 bits per heavy atom. The van der Waals surface area contributed by atoms with E-state index in [0.29, 0.717) is 48.7 Å². The van der Waals surface area contributed by atoms with Gasteiger partial charge in [0.1, 0.15) is 4.88 Å². The van der Waals surface area contributed by atoms with Gasteiger partial charge in [-0.3, -0.25) is 24.5 Å². The van der Waals surface area contributed by atoms with Gasteiger partial charge in [-0.2, -0.15) is 5.10 Å². The fourth-order valence-corrected chi connectivity index (χ4v) is 3.68. The molecule has 3 aromatic heterocycles. The number of rotatable bonds is 5.